The summed E-state index contributed by atoms with van der Waals surface area (Å²) in [7, 11) is 1.66. The molecule has 5 nitrogen and oxygen atoms in total. The van der Waals surface area contributed by atoms with Crippen molar-refractivity contribution in [3.05, 3.63) is 29.8 Å². The molecule has 1 aliphatic carbocycles. The van der Waals surface area contributed by atoms with Crippen molar-refractivity contribution in [3.8, 4) is 5.75 Å². The van der Waals surface area contributed by atoms with Crippen LogP contribution < -0.4 is 4.74 Å². The fraction of sp³-hybridized carbons (Fsp3) is 0.650. The van der Waals surface area contributed by atoms with E-state index >= 15 is 0 Å². The number of benzene rings is 1. The summed E-state index contributed by atoms with van der Waals surface area (Å²) in [4.78, 5) is 17.1. The highest BCUT2D eigenvalue weighted by Gasteiger charge is 2.34. The predicted molar refractivity (Wildman–Crippen MR) is 97.4 cm³/mol. The number of nitrogens with zero attached hydrogens (tertiary/aromatic N) is 2. The van der Waals surface area contributed by atoms with Crippen molar-refractivity contribution < 1.29 is 14.6 Å². The van der Waals surface area contributed by atoms with Gasteiger partial charge in [-0.1, -0.05) is 12.1 Å². The molecule has 1 amide bonds. The van der Waals surface area contributed by atoms with Crippen molar-refractivity contribution in [2.75, 3.05) is 26.7 Å². The number of amides is 1. The minimum absolute atomic E-state index is 0.213. The van der Waals surface area contributed by atoms with E-state index in [0.717, 1.165) is 50.1 Å². The monoisotopic (exact) mass is 346 g/mol. The number of ether oxygens (including phenoxy) is 1. The van der Waals surface area contributed by atoms with Gasteiger partial charge < -0.3 is 14.7 Å². The average Bonchev–Trinajstić information content (AvgIpc) is 3.45. The second-order valence-electron chi connectivity index (χ2n) is 7.48. The minimum atomic E-state index is -0.295. The molecule has 2 aliphatic rings. The highest BCUT2D eigenvalue weighted by Crippen LogP contribution is 2.29. The number of piperidine rings is 1. The van der Waals surface area contributed by atoms with Crippen LogP contribution in [0.25, 0.3) is 0 Å². The van der Waals surface area contributed by atoms with Crippen LogP contribution in [0.15, 0.2) is 24.3 Å². The van der Waals surface area contributed by atoms with Gasteiger partial charge in [-0.2, -0.15) is 0 Å². The zero-order valence-electron chi connectivity index (χ0n) is 15.4. The number of hydrogen-bond donors (Lipinski definition) is 1. The molecule has 1 aromatic carbocycles. The molecule has 2 unspecified atom stereocenters. The van der Waals surface area contributed by atoms with E-state index in [1.807, 2.05) is 36.1 Å². The first-order valence-corrected chi connectivity index (χ1v) is 9.39. The van der Waals surface area contributed by atoms with E-state index in [2.05, 4.69) is 4.90 Å². The van der Waals surface area contributed by atoms with E-state index < -0.39 is 0 Å². The van der Waals surface area contributed by atoms with Crippen molar-refractivity contribution in [1.82, 2.24) is 9.80 Å². The van der Waals surface area contributed by atoms with Gasteiger partial charge in [0.05, 0.1) is 19.8 Å². The van der Waals surface area contributed by atoms with E-state index in [0.29, 0.717) is 19.1 Å². The Morgan fingerprint density at radius 3 is 2.64 bits per heavy atom. The van der Waals surface area contributed by atoms with E-state index in [-0.39, 0.29) is 17.9 Å². The molecule has 1 saturated heterocycles. The summed E-state index contributed by atoms with van der Waals surface area (Å²) in [5.74, 6) is 1.34. The minimum Gasteiger partial charge on any atom is -0.497 e. The molecule has 0 spiro atoms. The number of carbonyl (C=O) groups is 1. The van der Waals surface area contributed by atoms with Crippen LogP contribution in [0.2, 0.25) is 0 Å². The molecule has 0 aromatic heterocycles. The van der Waals surface area contributed by atoms with Gasteiger partial charge in [-0.25, -0.2) is 0 Å². The highest BCUT2D eigenvalue weighted by atomic mass is 16.5. The van der Waals surface area contributed by atoms with Crippen molar-refractivity contribution in [2.24, 2.45) is 5.92 Å². The average molecular weight is 346 g/mol. The van der Waals surface area contributed by atoms with Gasteiger partial charge in [0, 0.05) is 19.1 Å². The Morgan fingerprint density at radius 1 is 1.32 bits per heavy atom. The maximum absolute atomic E-state index is 12.9. The maximum Gasteiger partial charge on any atom is 0.237 e. The predicted octanol–water partition coefficient (Wildman–Crippen LogP) is 2.28. The van der Waals surface area contributed by atoms with Crippen LogP contribution >= 0.6 is 0 Å². The van der Waals surface area contributed by atoms with Gasteiger partial charge >= 0.3 is 0 Å². The van der Waals surface area contributed by atoms with Crippen molar-refractivity contribution in [2.45, 2.75) is 51.3 Å². The molecular weight excluding hydrogens is 316 g/mol. The molecule has 1 heterocycles. The van der Waals surface area contributed by atoms with Crippen LogP contribution in [0.1, 0.15) is 38.2 Å². The van der Waals surface area contributed by atoms with Crippen LogP contribution in [0.5, 0.6) is 5.75 Å². The molecule has 0 bridgehead atoms. The number of aliphatic hydroxyl groups is 1. The molecule has 1 aliphatic heterocycles. The van der Waals surface area contributed by atoms with Gasteiger partial charge in [-0.3, -0.25) is 9.69 Å². The maximum atomic E-state index is 12.9. The van der Waals surface area contributed by atoms with Crippen molar-refractivity contribution in [1.29, 1.82) is 0 Å². The SMILES string of the molecule is COc1ccc(CN(C(=O)CN2CCCC(C(C)O)C2)C2CC2)cc1. The van der Waals surface area contributed by atoms with Gasteiger partial charge in [0.25, 0.3) is 0 Å². The van der Waals surface area contributed by atoms with Crippen LogP contribution in [-0.2, 0) is 11.3 Å². The van der Waals surface area contributed by atoms with E-state index in [9.17, 15) is 9.90 Å². The molecule has 2 fully saturated rings. The quantitative estimate of drug-likeness (QED) is 0.823. The lowest BCUT2D eigenvalue weighted by Crippen LogP contribution is -2.46. The van der Waals surface area contributed by atoms with E-state index in [4.69, 9.17) is 4.74 Å². The van der Waals surface area contributed by atoms with Crippen LogP contribution in [-0.4, -0.2) is 59.7 Å². The van der Waals surface area contributed by atoms with Gasteiger partial charge in [0.1, 0.15) is 5.75 Å². The number of rotatable bonds is 7. The third-order valence-corrected chi connectivity index (χ3v) is 5.40. The molecule has 138 valence electrons. The molecule has 25 heavy (non-hydrogen) atoms. The molecule has 1 N–H and O–H groups in total. The molecule has 1 saturated carbocycles. The highest BCUT2D eigenvalue weighted by molar-refractivity contribution is 5.79. The second-order valence-corrected chi connectivity index (χ2v) is 7.48. The lowest BCUT2D eigenvalue weighted by atomic mass is 9.93. The molecule has 1 aromatic rings. The van der Waals surface area contributed by atoms with Gasteiger partial charge in [0.2, 0.25) is 5.91 Å². The third-order valence-electron chi connectivity index (χ3n) is 5.40. The molecule has 3 rings (SSSR count). The zero-order valence-corrected chi connectivity index (χ0v) is 15.4. The number of carbonyl (C=O) groups excluding carboxylic acids is 1. The first-order chi connectivity index (χ1) is 12.1. The summed E-state index contributed by atoms with van der Waals surface area (Å²) in [6, 6.07) is 8.36. The van der Waals surface area contributed by atoms with E-state index in [1.54, 1.807) is 7.11 Å². The van der Waals surface area contributed by atoms with Gasteiger partial charge in [0.15, 0.2) is 0 Å². The lowest BCUT2D eigenvalue weighted by molar-refractivity contribution is -0.134. The number of aliphatic hydroxyl groups excluding tert-OH is 1. The van der Waals surface area contributed by atoms with Gasteiger partial charge in [-0.05, 0) is 62.8 Å². The summed E-state index contributed by atoms with van der Waals surface area (Å²) in [6.07, 6.45) is 4.04. The molecule has 5 heteroatoms. The van der Waals surface area contributed by atoms with Gasteiger partial charge in [-0.15, -0.1) is 0 Å². The summed E-state index contributed by atoms with van der Waals surface area (Å²) in [5.41, 5.74) is 1.14. The number of methoxy groups -OCH3 is 1. The first-order valence-electron chi connectivity index (χ1n) is 9.39. The van der Waals surface area contributed by atoms with Crippen LogP contribution in [0.4, 0.5) is 0 Å². The Kier molecular flexibility index (Phi) is 5.97. The van der Waals surface area contributed by atoms with Crippen LogP contribution in [0.3, 0.4) is 0 Å². The first kappa shape index (κ1) is 18.2. The number of hydrogen-bond acceptors (Lipinski definition) is 4. The summed E-state index contributed by atoms with van der Waals surface area (Å²) in [5, 5.41) is 9.84. The zero-order chi connectivity index (χ0) is 17.8. The molecular formula is C20H30N2O3. The molecule has 0 radical (unpaired) electrons. The third kappa shape index (κ3) is 4.95. The second kappa shape index (κ2) is 8.19. The van der Waals surface area contributed by atoms with Crippen LogP contribution in [0, 0.1) is 5.92 Å². The van der Waals surface area contributed by atoms with Crippen molar-refractivity contribution in [3.63, 3.8) is 0 Å². The number of likely N-dealkylation sites (tertiary alicyclic amines) is 1. The summed E-state index contributed by atoms with van der Waals surface area (Å²) < 4.78 is 5.20. The lowest BCUT2D eigenvalue weighted by Gasteiger charge is -2.35. The van der Waals surface area contributed by atoms with Crippen molar-refractivity contribution >= 4 is 5.91 Å². The Labute approximate surface area is 150 Å². The Hall–Kier alpha value is -1.59. The smallest absolute Gasteiger partial charge is 0.237 e. The summed E-state index contributed by atoms with van der Waals surface area (Å²) >= 11 is 0. The fourth-order valence-corrected chi connectivity index (χ4v) is 3.65. The summed E-state index contributed by atoms with van der Waals surface area (Å²) in [6.45, 7) is 4.77. The van der Waals surface area contributed by atoms with E-state index in [1.165, 1.54) is 0 Å². The molecule has 2 atom stereocenters. The Bertz CT molecular complexity index is 569. The normalized spacial score (nSPS) is 22.4. The topological polar surface area (TPSA) is 53.0 Å². The standard InChI is InChI=1S/C20H30N2O3/c1-15(23)17-4-3-11-21(13-17)14-20(24)22(18-7-8-18)12-16-5-9-19(25-2)10-6-16/h5-6,9-10,15,17-18,23H,3-4,7-8,11-14H2,1-2H3. The largest absolute Gasteiger partial charge is 0.497 e. The Balaban J connectivity index is 1.59. The fourth-order valence-electron chi connectivity index (χ4n) is 3.65. The Morgan fingerprint density at radius 2 is 2.04 bits per heavy atom.